The third kappa shape index (κ3) is 4.84. The van der Waals surface area contributed by atoms with Crippen molar-refractivity contribution in [3.05, 3.63) is 0 Å². The molecule has 0 aromatic heterocycles. The second-order valence-corrected chi connectivity index (χ2v) is 12.0. The first-order valence-electron chi connectivity index (χ1n) is 10.8. The minimum atomic E-state index is -0.991. The van der Waals surface area contributed by atoms with Crippen molar-refractivity contribution in [2.75, 3.05) is 0 Å². The number of nitrogens with one attached hydrogen (secondary N) is 4. The average Bonchev–Trinajstić information content (AvgIpc) is 2.43. The van der Waals surface area contributed by atoms with Crippen molar-refractivity contribution < 1.29 is 14.9 Å². The van der Waals surface area contributed by atoms with Gasteiger partial charge in [-0.15, -0.1) is 0 Å². The predicted octanol–water partition coefficient (Wildman–Crippen LogP) is -0.604. The Kier molecular flexibility index (Phi) is 5.36. The van der Waals surface area contributed by atoms with E-state index in [-0.39, 0.29) is 40.0 Å². The van der Waals surface area contributed by atoms with E-state index in [0.29, 0.717) is 5.71 Å². The zero-order chi connectivity index (χ0) is 21.1. The lowest BCUT2D eigenvalue weighted by Gasteiger charge is -2.49. The third-order valence-corrected chi connectivity index (χ3v) is 6.29. The van der Waals surface area contributed by atoms with E-state index in [0.717, 1.165) is 25.7 Å². The Balaban J connectivity index is 1.66. The standard InChI is InChI=1S/C22H39N4O2/c1-19(2)9-13(10-20(3,4)25-19)23-15-17(27)16(18(15)28)24-14-11-21(5,6)26-22(7,8)12-14/h13-15,17,23,25-26H,9-12H2,1-8H3/q-1/p+1. The van der Waals surface area contributed by atoms with E-state index in [9.17, 15) is 9.90 Å². The second-order valence-electron chi connectivity index (χ2n) is 12.0. The van der Waals surface area contributed by atoms with Crippen LogP contribution in [0.25, 0.3) is 0 Å². The summed E-state index contributed by atoms with van der Waals surface area (Å²) in [6.45, 7) is 17.4. The number of carbonyl (C=O) groups excluding carboxylic acids is 1. The van der Waals surface area contributed by atoms with Gasteiger partial charge in [0.1, 0.15) is 0 Å². The molecule has 6 nitrogen and oxygen atoms in total. The molecule has 0 aromatic carbocycles. The van der Waals surface area contributed by atoms with Crippen LogP contribution in [-0.4, -0.2) is 57.9 Å². The number of rotatable bonds is 3. The monoisotopic (exact) mass is 392 g/mol. The Labute approximate surface area is 170 Å². The van der Waals surface area contributed by atoms with Crippen LogP contribution in [0, 0.1) is 0 Å². The Bertz CT molecular complexity index is 633. The van der Waals surface area contributed by atoms with Crippen molar-refractivity contribution in [3.63, 3.8) is 0 Å². The topological polar surface area (TPSA) is 90.2 Å². The van der Waals surface area contributed by atoms with Gasteiger partial charge in [-0.2, -0.15) is 0 Å². The minimum Gasteiger partial charge on any atom is -0.843 e. The van der Waals surface area contributed by atoms with Crippen LogP contribution in [0.15, 0.2) is 0 Å². The first-order valence-corrected chi connectivity index (χ1v) is 10.8. The van der Waals surface area contributed by atoms with Gasteiger partial charge in [-0.05, 0) is 74.3 Å². The van der Waals surface area contributed by atoms with Gasteiger partial charge >= 0.3 is 0 Å². The molecule has 1 saturated carbocycles. The second kappa shape index (κ2) is 6.86. The van der Waals surface area contributed by atoms with Crippen molar-refractivity contribution in [3.8, 4) is 0 Å². The summed E-state index contributed by atoms with van der Waals surface area (Å²) >= 11 is 0. The van der Waals surface area contributed by atoms with E-state index in [1.165, 1.54) is 0 Å². The number of hydrogen-bond acceptors (Lipinski definition) is 5. The molecule has 2 atom stereocenters. The molecular weight excluding hydrogens is 352 g/mol. The van der Waals surface area contributed by atoms with Crippen LogP contribution in [0.5, 0.6) is 0 Å². The summed E-state index contributed by atoms with van der Waals surface area (Å²) in [4.78, 5) is 16.1. The van der Waals surface area contributed by atoms with Gasteiger partial charge in [-0.3, -0.25) is 4.79 Å². The molecule has 3 fully saturated rings. The molecule has 160 valence electrons. The Morgan fingerprint density at radius 2 is 1.29 bits per heavy atom. The minimum absolute atomic E-state index is 0.0123. The summed E-state index contributed by atoms with van der Waals surface area (Å²) in [5.41, 5.74) is 0.316. The summed E-state index contributed by atoms with van der Waals surface area (Å²) in [6, 6.07) is -0.269. The van der Waals surface area contributed by atoms with Crippen molar-refractivity contribution in [1.29, 1.82) is 0 Å². The van der Waals surface area contributed by atoms with Crippen LogP contribution in [0.2, 0.25) is 0 Å². The van der Waals surface area contributed by atoms with Crippen LogP contribution < -0.4 is 26.0 Å². The maximum atomic E-state index is 12.8. The highest BCUT2D eigenvalue weighted by Gasteiger charge is 2.49. The van der Waals surface area contributed by atoms with Gasteiger partial charge in [0.15, 0.2) is 6.04 Å². The number of Topliss-reactive ketones (excluding diaryl/α,β-unsaturated/α-hetero) is 1. The van der Waals surface area contributed by atoms with E-state index in [1.54, 1.807) is 0 Å². The van der Waals surface area contributed by atoms with Crippen LogP contribution >= 0.6 is 0 Å². The molecule has 2 heterocycles. The van der Waals surface area contributed by atoms with Crippen molar-refractivity contribution in [2.45, 2.75) is 127 Å². The van der Waals surface area contributed by atoms with Crippen LogP contribution in [0.1, 0.15) is 81.1 Å². The molecule has 3 aliphatic rings. The van der Waals surface area contributed by atoms with Gasteiger partial charge < -0.3 is 21.1 Å². The maximum Gasteiger partial charge on any atom is 0.236 e. The zero-order valence-electron chi connectivity index (χ0n) is 19.0. The first kappa shape index (κ1) is 21.9. The largest absolute Gasteiger partial charge is 0.843 e. The molecule has 0 radical (unpaired) electrons. The van der Waals surface area contributed by atoms with Crippen molar-refractivity contribution >= 4 is 11.5 Å². The highest BCUT2D eigenvalue weighted by molar-refractivity contribution is 6.48. The number of carbonyl (C=O) groups is 1. The smallest absolute Gasteiger partial charge is 0.236 e. The molecule has 0 amide bonds. The fourth-order valence-corrected chi connectivity index (χ4v) is 6.17. The molecule has 0 aromatic rings. The van der Waals surface area contributed by atoms with Gasteiger partial charge in [0.2, 0.25) is 11.5 Å². The molecule has 2 aliphatic heterocycles. The Hall–Kier alpha value is -0.820. The van der Waals surface area contributed by atoms with Crippen LogP contribution in [0.3, 0.4) is 0 Å². The molecule has 6 heteroatoms. The summed E-state index contributed by atoms with van der Waals surface area (Å²) in [6.07, 6.45) is 2.62. The molecule has 1 aliphatic carbocycles. The lowest BCUT2D eigenvalue weighted by molar-refractivity contribution is -0.528. The molecule has 4 N–H and O–H groups in total. The van der Waals surface area contributed by atoms with Gasteiger partial charge in [0.25, 0.3) is 0 Å². The lowest BCUT2D eigenvalue weighted by Crippen LogP contribution is -2.93. The molecule has 0 spiro atoms. The fraction of sp³-hybridized carbons (Fsp3) is 0.909. The first-order chi connectivity index (χ1) is 12.6. The summed E-state index contributed by atoms with van der Waals surface area (Å²) in [5.74, 6) is -0.0386. The highest BCUT2D eigenvalue weighted by Crippen LogP contribution is 2.30. The lowest BCUT2D eigenvalue weighted by atomic mass is 9.76. The summed E-state index contributed by atoms with van der Waals surface area (Å²) in [5, 5.41) is 23.5. The SMILES string of the molecule is CC1(C)CC(NC2C(=O)C(=[NH+]C3CC(C)(C)NC(C)(C)C3)C2[O-])CC(C)(C)N1. The predicted molar refractivity (Wildman–Crippen MR) is 110 cm³/mol. The van der Waals surface area contributed by atoms with Gasteiger partial charge in [-0.25, -0.2) is 4.99 Å². The van der Waals surface area contributed by atoms with Gasteiger partial charge in [-0.1, -0.05) is 0 Å². The maximum absolute atomic E-state index is 12.8. The number of piperidine rings is 2. The molecule has 2 unspecified atom stereocenters. The normalized spacial score (nSPS) is 36.3. The summed E-state index contributed by atoms with van der Waals surface area (Å²) < 4.78 is 0. The van der Waals surface area contributed by atoms with Crippen LogP contribution in [0.4, 0.5) is 0 Å². The van der Waals surface area contributed by atoms with Crippen LogP contribution in [-0.2, 0) is 4.79 Å². The molecule has 3 rings (SSSR count). The Morgan fingerprint density at radius 3 is 1.71 bits per heavy atom. The third-order valence-electron chi connectivity index (χ3n) is 6.29. The number of hydrogen-bond donors (Lipinski definition) is 4. The average molecular weight is 393 g/mol. The highest BCUT2D eigenvalue weighted by atomic mass is 16.3. The van der Waals surface area contributed by atoms with E-state index in [4.69, 9.17) is 0 Å². The zero-order valence-corrected chi connectivity index (χ0v) is 19.0. The number of ketones is 1. The Morgan fingerprint density at radius 1 is 0.857 bits per heavy atom. The van der Waals surface area contributed by atoms with E-state index in [1.807, 2.05) is 0 Å². The van der Waals surface area contributed by atoms with E-state index in [2.05, 4.69) is 76.3 Å². The fourth-order valence-electron chi connectivity index (χ4n) is 6.17. The molecular formula is C22H40N4O2. The molecule has 2 saturated heterocycles. The molecule has 0 bridgehead atoms. The summed E-state index contributed by atoms with van der Waals surface area (Å²) in [7, 11) is 0. The van der Waals surface area contributed by atoms with Crippen molar-refractivity contribution in [1.82, 2.24) is 16.0 Å². The van der Waals surface area contributed by atoms with E-state index >= 15 is 0 Å². The van der Waals surface area contributed by atoms with Gasteiger partial charge in [0.05, 0.1) is 6.04 Å². The quantitative estimate of drug-likeness (QED) is 0.515. The van der Waals surface area contributed by atoms with E-state index < -0.39 is 12.1 Å². The molecule has 28 heavy (non-hydrogen) atoms. The van der Waals surface area contributed by atoms with Crippen molar-refractivity contribution in [2.24, 2.45) is 0 Å². The van der Waals surface area contributed by atoms with Gasteiger partial charge in [0, 0.05) is 41.0 Å².